The van der Waals surface area contributed by atoms with E-state index in [4.69, 9.17) is 11.5 Å². The summed E-state index contributed by atoms with van der Waals surface area (Å²) in [7, 11) is 3.36. The number of primary amides is 1. The van der Waals surface area contributed by atoms with E-state index in [1.807, 2.05) is 6.92 Å². The number of likely N-dealkylation sites (N-methyl/N-ethyl adjacent to an activating group) is 2. The summed E-state index contributed by atoms with van der Waals surface area (Å²) in [4.78, 5) is 26.5. The van der Waals surface area contributed by atoms with E-state index in [1.54, 1.807) is 37.2 Å². The van der Waals surface area contributed by atoms with Gasteiger partial charge in [0.15, 0.2) is 0 Å². The van der Waals surface area contributed by atoms with Gasteiger partial charge in [-0.2, -0.15) is 0 Å². The molecule has 0 fully saturated rings. The third-order valence-corrected chi connectivity index (χ3v) is 2.86. The topological polar surface area (TPSA) is 92.7 Å². The second-order valence-corrected chi connectivity index (χ2v) is 4.41. The lowest BCUT2D eigenvalue weighted by molar-refractivity contribution is -0.127. The largest absolute Gasteiger partial charge is 0.397 e. The van der Waals surface area contributed by atoms with Gasteiger partial charge in [0, 0.05) is 20.6 Å². The van der Waals surface area contributed by atoms with Crippen molar-refractivity contribution in [2.45, 2.75) is 6.92 Å². The molecule has 0 saturated heterocycles. The molecule has 6 heteroatoms. The van der Waals surface area contributed by atoms with Crippen LogP contribution < -0.4 is 16.4 Å². The second kappa shape index (κ2) is 6.08. The zero-order chi connectivity index (χ0) is 14.6. The van der Waals surface area contributed by atoms with Crippen molar-refractivity contribution in [3.8, 4) is 0 Å². The summed E-state index contributed by atoms with van der Waals surface area (Å²) in [6, 6.07) is 4.96. The molecule has 4 N–H and O–H groups in total. The van der Waals surface area contributed by atoms with E-state index < -0.39 is 5.91 Å². The van der Waals surface area contributed by atoms with Gasteiger partial charge in [0.05, 0.1) is 23.5 Å². The van der Waals surface area contributed by atoms with Crippen LogP contribution in [-0.4, -0.2) is 43.9 Å². The molecule has 0 aliphatic carbocycles. The number of carbonyl (C=O) groups is 2. The van der Waals surface area contributed by atoms with Gasteiger partial charge < -0.3 is 21.3 Å². The first-order valence-electron chi connectivity index (χ1n) is 6.01. The Labute approximate surface area is 113 Å². The smallest absolute Gasteiger partial charge is 0.250 e. The molecule has 0 unspecified atom stereocenters. The van der Waals surface area contributed by atoms with Gasteiger partial charge in [0.25, 0.3) is 5.91 Å². The quantitative estimate of drug-likeness (QED) is 0.747. The lowest BCUT2D eigenvalue weighted by Crippen LogP contribution is -2.38. The predicted octanol–water partition coefficient (Wildman–Crippen LogP) is 0.282. The Morgan fingerprint density at radius 1 is 1.26 bits per heavy atom. The molecular formula is C13H20N4O2. The van der Waals surface area contributed by atoms with Crippen LogP contribution in [0, 0.1) is 0 Å². The SMILES string of the molecule is CCN(CC(=O)N(C)C)c1c(N)cccc1C(N)=O. The highest BCUT2D eigenvalue weighted by molar-refractivity contribution is 6.02. The lowest BCUT2D eigenvalue weighted by Gasteiger charge is -2.27. The van der Waals surface area contributed by atoms with Gasteiger partial charge in [-0.05, 0) is 19.1 Å². The number of nitrogens with two attached hydrogens (primary N) is 2. The van der Waals surface area contributed by atoms with Crippen molar-refractivity contribution < 1.29 is 9.59 Å². The zero-order valence-electron chi connectivity index (χ0n) is 11.5. The highest BCUT2D eigenvalue weighted by atomic mass is 16.2. The lowest BCUT2D eigenvalue weighted by atomic mass is 10.1. The zero-order valence-corrected chi connectivity index (χ0v) is 11.5. The molecule has 0 aliphatic rings. The first-order chi connectivity index (χ1) is 8.88. The van der Waals surface area contributed by atoms with E-state index in [1.165, 1.54) is 4.90 Å². The molecule has 0 atom stereocenters. The first-order valence-corrected chi connectivity index (χ1v) is 6.01. The Balaban J connectivity index is 3.17. The second-order valence-electron chi connectivity index (χ2n) is 4.41. The molecule has 0 aromatic heterocycles. The van der Waals surface area contributed by atoms with E-state index in [0.717, 1.165) is 0 Å². The average Bonchev–Trinajstić information content (AvgIpc) is 2.35. The Morgan fingerprint density at radius 2 is 1.89 bits per heavy atom. The highest BCUT2D eigenvalue weighted by Crippen LogP contribution is 2.27. The maximum Gasteiger partial charge on any atom is 0.250 e. The summed E-state index contributed by atoms with van der Waals surface area (Å²) >= 11 is 0. The molecule has 0 heterocycles. The van der Waals surface area contributed by atoms with Gasteiger partial charge in [-0.3, -0.25) is 9.59 Å². The van der Waals surface area contributed by atoms with Crippen LogP contribution in [0.4, 0.5) is 11.4 Å². The van der Waals surface area contributed by atoms with Gasteiger partial charge in [-0.1, -0.05) is 6.07 Å². The minimum Gasteiger partial charge on any atom is -0.397 e. The van der Waals surface area contributed by atoms with E-state index >= 15 is 0 Å². The van der Waals surface area contributed by atoms with E-state index in [2.05, 4.69) is 0 Å². The standard InChI is InChI=1S/C13H20N4O2/c1-4-17(8-11(18)16(2)3)12-9(13(15)19)6-5-7-10(12)14/h5-7H,4,8,14H2,1-3H3,(H2,15,19). The molecule has 0 spiro atoms. The van der Waals surface area contributed by atoms with Crippen LogP contribution >= 0.6 is 0 Å². The maximum atomic E-state index is 11.8. The van der Waals surface area contributed by atoms with Gasteiger partial charge in [0.1, 0.15) is 0 Å². The van der Waals surface area contributed by atoms with E-state index in [-0.39, 0.29) is 12.5 Å². The Morgan fingerprint density at radius 3 is 2.37 bits per heavy atom. The Bertz CT molecular complexity index is 486. The van der Waals surface area contributed by atoms with Gasteiger partial charge in [0.2, 0.25) is 5.91 Å². The number of hydrogen-bond donors (Lipinski definition) is 2. The van der Waals surface area contributed by atoms with Crippen LogP contribution in [0.15, 0.2) is 18.2 Å². The third kappa shape index (κ3) is 3.37. The van der Waals surface area contributed by atoms with Crippen LogP contribution in [0.3, 0.4) is 0 Å². The maximum absolute atomic E-state index is 11.8. The molecule has 0 bridgehead atoms. The number of nitrogen functional groups attached to an aromatic ring is 1. The molecule has 19 heavy (non-hydrogen) atoms. The molecule has 2 amide bonds. The molecule has 1 rings (SSSR count). The fraction of sp³-hybridized carbons (Fsp3) is 0.385. The highest BCUT2D eigenvalue weighted by Gasteiger charge is 2.19. The van der Waals surface area contributed by atoms with Crippen molar-refractivity contribution in [1.82, 2.24) is 4.90 Å². The van der Waals surface area contributed by atoms with Crippen molar-refractivity contribution in [1.29, 1.82) is 0 Å². The summed E-state index contributed by atoms with van der Waals surface area (Å²) in [5.74, 6) is -0.626. The summed E-state index contributed by atoms with van der Waals surface area (Å²) in [5.41, 5.74) is 12.5. The molecule has 0 radical (unpaired) electrons. The number of amides is 2. The first kappa shape index (κ1) is 14.8. The molecule has 1 aromatic rings. The third-order valence-electron chi connectivity index (χ3n) is 2.86. The minimum absolute atomic E-state index is 0.0690. The summed E-state index contributed by atoms with van der Waals surface area (Å²) < 4.78 is 0. The van der Waals surface area contributed by atoms with E-state index in [0.29, 0.717) is 23.5 Å². The van der Waals surface area contributed by atoms with Gasteiger partial charge in [-0.25, -0.2) is 0 Å². The van der Waals surface area contributed by atoms with Crippen molar-refractivity contribution >= 4 is 23.2 Å². The predicted molar refractivity (Wildman–Crippen MR) is 76.0 cm³/mol. The fourth-order valence-electron chi connectivity index (χ4n) is 1.77. The molecule has 0 saturated carbocycles. The average molecular weight is 264 g/mol. The number of nitrogens with zero attached hydrogens (tertiary/aromatic N) is 2. The van der Waals surface area contributed by atoms with Crippen LogP contribution in [0.1, 0.15) is 17.3 Å². The number of rotatable bonds is 5. The van der Waals surface area contributed by atoms with Crippen LogP contribution in [-0.2, 0) is 4.79 Å². The molecule has 1 aromatic carbocycles. The molecular weight excluding hydrogens is 244 g/mol. The number of anilines is 2. The van der Waals surface area contributed by atoms with Crippen molar-refractivity contribution in [2.75, 3.05) is 37.8 Å². The summed E-state index contributed by atoms with van der Waals surface area (Å²) in [6.45, 7) is 2.59. The van der Waals surface area contributed by atoms with Crippen molar-refractivity contribution in [3.63, 3.8) is 0 Å². The minimum atomic E-state index is -0.557. The summed E-state index contributed by atoms with van der Waals surface area (Å²) in [6.07, 6.45) is 0. The van der Waals surface area contributed by atoms with Crippen LogP contribution in [0.25, 0.3) is 0 Å². The number of benzene rings is 1. The van der Waals surface area contributed by atoms with Crippen LogP contribution in [0.2, 0.25) is 0 Å². The molecule has 104 valence electrons. The van der Waals surface area contributed by atoms with Gasteiger partial charge in [-0.15, -0.1) is 0 Å². The summed E-state index contributed by atoms with van der Waals surface area (Å²) in [5, 5.41) is 0. The van der Waals surface area contributed by atoms with Crippen LogP contribution in [0.5, 0.6) is 0 Å². The monoisotopic (exact) mass is 264 g/mol. The molecule has 0 aliphatic heterocycles. The van der Waals surface area contributed by atoms with E-state index in [9.17, 15) is 9.59 Å². The van der Waals surface area contributed by atoms with Gasteiger partial charge >= 0.3 is 0 Å². The Hall–Kier alpha value is -2.24. The van der Waals surface area contributed by atoms with Crippen molar-refractivity contribution in [2.24, 2.45) is 5.73 Å². The van der Waals surface area contributed by atoms with Crippen molar-refractivity contribution in [3.05, 3.63) is 23.8 Å². The number of hydrogen-bond acceptors (Lipinski definition) is 4. The number of para-hydroxylation sites is 1. The Kier molecular flexibility index (Phi) is 4.74. The number of carbonyl (C=O) groups excluding carboxylic acids is 2. The normalized spacial score (nSPS) is 10.1. The molecule has 6 nitrogen and oxygen atoms in total. The fourth-order valence-corrected chi connectivity index (χ4v) is 1.77.